The van der Waals surface area contributed by atoms with Crippen molar-refractivity contribution in [2.45, 2.75) is 20.4 Å². The van der Waals surface area contributed by atoms with Gasteiger partial charge in [0.15, 0.2) is 0 Å². The monoisotopic (exact) mass is 279 g/mol. The summed E-state index contributed by atoms with van der Waals surface area (Å²) in [6.45, 7) is 4.20. The van der Waals surface area contributed by atoms with Crippen LogP contribution in [0.3, 0.4) is 0 Å². The molecule has 0 bridgehead atoms. The van der Waals surface area contributed by atoms with Gasteiger partial charge >= 0.3 is 0 Å². The summed E-state index contributed by atoms with van der Waals surface area (Å²) in [5.41, 5.74) is 7.66. The SMILES string of the molecule is CCn1nc(C)c(N)c1C(=O)Nc1cnccc1Cl. The van der Waals surface area contributed by atoms with Gasteiger partial charge in [0, 0.05) is 12.7 Å². The highest BCUT2D eigenvalue weighted by Gasteiger charge is 2.19. The van der Waals surface area contributed by atoms with E-state index in [1.165, 1.54) is 6.20 Å². The Labute approximate surface area is 115 Å². The number of hydrogen-bond donors (Lipinski definition) is 2. The topological polar surface area (TPSA) is 85.8 Å². The molecule has 7 heteroatoms. The van der Waals surface area contributed by atoms with Crippen LogP contribution in [0, 0.1) is 6.92 Å². The van der Waals surface area contributed by atoms with Crippen LogP contribution in [0.5, 0.6) is 0 Å². The van der Waals surface area contributed by atoms with Crippen molar-refractivity contribution < 1.29 is 4.79 Å². The van der Waals surface area contributed by atoms with Crippen molar-refractivity contribution in [3.63, 3.8) is 0 Å². The molecule has 6 nitrogen and oxygen atoms in total. The normalized spacial score (nSPS) is 10.5. The van der Waals surface area contributed by atoms with Crippen molar-refractivity contribution in [3.8, 4) is 0 Å². The zero-order valence-electron chi connectivity index (χ0n) is 10.6. The molecular formula is C12H14ClN5O. The van der Waals surface area contributed by atoms with Crippen LogP contribution < -0.4 is 11.1 Å². The number of pyridine rings is 1. The molecule has 19 heavy (non-hydrogen) atoms. The van der Waals surface area contributed by atoms with Gasteiger partial charge < -0.3 is 11.1 Å². The van der Waals surface area contributed by atoms with Gasteiger partial charge in [-0.15, -0.1) is 0 Å². The highest BCUT2D eigenvalue weighted by Crippen LogP contribution is 2.22. The Morgan fingerprint density at radius 2 is 2.32 bits per heavy atom. The highest BCUT2D eigenvalue weighted by molar-refractivity contribution is 6.33. The van der Waals surface area contributed by atoms with E-state index in [9.17, 15) is 4.79 Å². The summed E-state index contributed by atoms with van der Waals surface area (Å²) >= 11 is 5.97. The van der Waals surface area contributed by atoms with Crippen molar-refractivity contribution in [2.24, 2.45) is 0 Å². The molecule has 2 aromatic rings. The van der Waals surface area contributed by atoms with E-state index in [2.05, 4.69) is 15.4 Å². The number of nitrogen functional groups attached to an aromatic ring is 1. The Morgan fingerprint density at radius 1 is 1.58 bits per heavy atom. The Kier molecular flexibility index (Phi) is 3.71. The van der Waals surface area contributed by atoms with Crippen molar-refractivity contribution in [3.05, 3.63) is 34.9 Å². The number of aryl methyl sites for hydroxylation is 2. The predicted octanol–water partition coefficient (Wildman–Crippen LogP) is 2.09. The third kappa shape index (κ3) is 2.53. The van der Waals surface area contributed by atoms with Crippen LogP contribution in [0.2, 0.25) is 5.02 Å². The van der Waals surface area contributed by atoms with E-state index in [4.69, 9.17) is 17.3 Å². The summed E-state index contributed by atoms with van der Waals surface area (Å²) < 4.78 is 1.56. The fraction of sp³-hybridized carbons (Fsp3) is 0.250. The lowest BCUT2D eigenvalue weighted by Gasteiger charge is -2.08. The van der Waals surface area contributed by atoms with Crippen molar-refractivity contribution >= 4 is 28.9 Å². The lowest BCUT2D eigenvalue weighted by Crippen LogP contribution is -2.19. The van der Waals surface area contributed by atoms with Gasteiger partial charge in [0.2, 0.25) is 0 Å². The summed E-state index contributed by atoms with van der Waals surface area (Å²) in [5.74, 6) is -0.352. The quantitative estimate of drug-likeness (QED) is 0.901. The van der Waals surface area contributed by atoms with Crippen molar-refractivity contribution in [1.82, 2.24) is 14.8 Å². The van der Waals surface area contributed by atoms with Crippen molar-refractivity contribution in [1.29, 1.82) is 0 Å². The Balaban J connectivity index is 2.33. The molecule has 0 aliphatic rings. The summed E-state index contributed by atoms with van der Waals surface area (Å²) in [4.78, 5) is 16.2. The molecule has 0 spiro atoms. The molecule has 0 unspecified atom stereocenters. The number of carbonyl (C=O) groups is 1. The molecule has 0 atom stereocenters. The molecule has 3 N–H and O–H groups in total. The first-order chi connectivity index (χ1) is 9.04. The van der Waals surface area contributed by atoms with E-state index in [0.717, 1.165) is 0 Å². The summed E-state index contributed by atoms with van der Waals surface area (Å²) in [6, 6.07) is 1.60. The number of rotatable bonds is 3. The zero-order valence-corrected chi connectivity index (χ0v) is 11.4. The number of halogens is 1. The Bertz CT molecular complexity index is 623. The molecule has 0 fully saturated rings. The van der Waals surface area contributed by atoms with E-state index in [1.807, 2.05) is 6.92 Å². The number of nitrogens with zero attached hydrogens (tertiary/aromatic N) is 3. The molecule has 2 rings (SSSR count). The van der Waals surface area contributed by atoms with Crippen LogP contribution in [0.1, 0.15) is 23.1 Å². The number of nitrogens with two attached hydrogens (primary N) is 1. The van der Waals surface area contributed by atoms with Crippen molar-refractivity contribution in [2.75, 3.05) is 11.1 Å². The Morgan fingerprint density at radius 3 is 2.95 bits per heavy atom. The van der Waals surface area contributed by atoms with Crippen LogP contribution in [0.4, 0.5) is 11.4 Å². The van der Waals surface area contributed by atoms with Crippen LogP contribution >= 0.6 is 11.6 Å². The predicted molar refractivity (Wildman–Crippen MR) is 74.3 cm³/mol. The fourth-order valence-electron chi connectivity index (χ4n) is 1.71. The first-order valence-electron chi connectivity index (χ1n) is 5.78. The van der Waals surface area contributed by atoms with Crippen LogP contribution in [-0.4, -0.2) is 20.7 Å². The maximum atomic E-state index is 12.2. The lowest BCUT2D eigenvalue weighted by molar-refractivity contribution is 0.101. The second kappa shape index (κ2) is 5.27. The third-order valence-corrected chi connectivity index (χ3v) is 3.03. The van der Waals surface area contributed by atoms with Gasteiger partial charge in [-0.3, -0.25) is 14.5 Å². The Hall–Kier alpha value is -2.08. The molecular weight excluding hydrogens is 266 g/mol. The number of carbonyl (C=O) groups excluding carboxylic acids is 1. The average Bonchev–Trinajstić information content (AvgIpc) is 2.68. The number of anilines is 2. The van der Waals surface area contributed by atoms with E-state index in [0.29, 0.717) is 34.3 Å². The van der Waals surface area contributed by atoms with Gasteiger partial charge in [0.25, 0.3) is 5.91 Å². The minimum atomic E-state index is -0.352. The molecule has 1 amide bonds. The van der Waals surface area contributed by atoms with Gasteiger partial charge in [-0.25, -0.2) is 0 Å². The van der Waals surface area contributed by atoms with Gasteiger partial charge in [0.05, 0.1) is 28.3 Å². The lowest BCUT2D eigenvalue weighted by atomic mass is 10.3. The minimum Gasteiger partial charge on any atom is -0.395 e. The highest BCUT2D eigenvalue weighted by atomic mass is 35.5. The van der Waals surface area contributed by atoms with Crippen LogP contribution in [0.15, 0.2) is 18.5 Å². The number of amides is 1. The first kappa shape index (κ1) is 13.4. The molecule has 100 valence electrons. The maximum Gasteiger partial charge on any atom is 0.276 e. The fourth-order valence-corrected chi connectivity index (χ4v) is 1.87. The zero-order chi connectivity index (χ0) is 14.0. The van der Waals surface area contributed by atoms with Crippen LogP contribution in [-0.2, 0) is 6.54 Å². The molecule has 0 aliphatic carbocycles. The second-order valence-corrected chi connectivity index (χ2v) is 4.38. The summed E-state index contributed by atoms with van der Waals surface area (Å²) in [7, 11) is 0. The summed E-state index contributed by atoms with van der Waals surface area (Å²) in [6.07, 6.45) is 3.03. The van der Waals surface area contributed by atoms with Gasteiger partial charge in [-0.1, -0.05) is 11.6 Å². The number of hydrogen-bond acceptors (Lipinski definition) is 4. The van der Waals surface area contributed by atoms with E-state index in [-0.39, 0.29) is 5.91 Å². The molecule has 0 saturated carbocycles. The largest absolute Gasteiger partial charge is 0.395 e. The number of nitrogens with one attached hydrogen (secondary N) is 1. The molecule has 0 radical (unpaired) electrons. The second-order valence-electron chi connectivity index (χ2n) is 3.97. The smallest absolute Gasteiger partial charge is 0.276 e. The molecule has 2 aromatic heterocycles. The average molecular weight is 280 g/mol. The summed E-state index contributed by atoms with van der Waals surface area (Å²) in [5, 5.41) is 7.29. The van der Waals surface area contributed by atoms with E-state index >= 15 is 0 Å². The van der Waals surface area contributed by atoms with Gasteiger partial charge in [-0.05, 0) is 19.9 Å². The molecule has 0 saturated heterocycles. The van der Waals surface area contributed by atoms with Crippen LogP contribution in [0.25, 0.3) is 0 Å². The van der Waals surface area contributed by atoms with E-state index in [1.54, 1.807) is 23.9 Å². The molecule has 0 aromatic carbocycles. The standard InChI is InChI=1S/C12H14ClN5O/c1-3-18-11(10(14)7(2)17-18)12(19)16-9-6-15-5-4-8(9)13/h4-6H,3,14H2,1-2H3,(H,16,19). The maximum absolute atomic E-state index is 12.2. The molecule has 0 aliphatic heterocycles. The van der Waals surface area contributed by atoms with Gasteiger partial charge in [0.1, 0.15) is 5.69 Å². The first-order valence-corrected chi connectivity index (χ1v) is 6.16. The van der Waals surface area contributed by atoms with Gasteiger partial charge in [-0.2, -0.15) is 5.10 Å². The minimum absolute atomic E-state index is 0.333. The third-order valence-electron chi connectivity index (χ3n) is 2.70. The van der Waals surface area contributed by atoms with E-state index < -0.39 is 0 Å². The molecule has 2 heterocycles. The number of aromatic nitrogens is 3.